The topological polar surface area (TPSA) is 93.7 Å². The summed E-state index contributed by atoms with van der Waals surface area (Å²) in [5, 5.41) is 2.93. The molecule has 8 heteroatoms. The average molecular weight is 469 g/mol. The van der Waals surface area contributed by atoms with Gasteiger partial charge in [0.25, 0.3) is 15.9 Å². The van der Waals surface area contributed by atoms with E-state index < -0.39 is 10.0 Å². The van der Waals surface area contributed by atoms with E-state index in [1.54, 1.807) is 24.3 Å². The van der Waals surface area contributed by atoms with Crippen LogP contribution < -0.4 is 19.5 Å². The second-order valence-electron chi connectivity index (χ2n) is 7.76. The highest BCUT2D eigenvalue weighted by Crippen LogP contribution is 2.26. The fourth-order valence-electron chi connectivity index (χ4n) is 3.21. The van der Waals surface area contributed by atoms with Gasteiger partial charge in [0.1, 0.15) is 11.5 Å². The molecule has 7 nitrogen and oxygen atoms in total. The van der Waals surface area contributed by atoms with Gasteiger partial charge in [0.15, 0.2) is 0 Å². The number of anilines is 1. The van der Waals surface area contributed by atoms with Gasteiger partial charge in [0.05, 0.1) is 29.8 Å². The smallest absolute Gasteiger partial charge is 0.262 e. The molecule has 0 aromatic heterocycles. The van der Waals surface area contributed by atoms with Crippen LogP contribution in [-0.4, -0.2) is 27.5 Å². The van der Waals surface area contributed by atoms with Crippen molar-refractivity contribution in [2.75, 3.05) is 11.8 Å². The van der Waals surface area contributed by atoms with Gasteiger partial charge >= 0.3 is 0 Å². The van der Waals surface area contributed by atoms with Crippen LogP contribution in [0, 0.1) is 0 Å². The van der Waals surface area contributed by atoms with Crippen LogP contribution in [0.5, 0.6) is 11.5 Å². The van der Waals surface area contributed by atoms with Gasteiger partial charge in [0, 0.05) is 5.56 Å². The molecule has 1 amide bonds. The Hall–Kier alpha value is -3.52. The molecule has 0 radical (unpaired) electrons. The highest BCUT2D eigenvalue weighted by atomic mass is 32.2. The van der Waals surface area contributed by atoms with Gasteiger partial charge in [0.2, 0.25) is 0 Å². The molecule has 3 rings (SSSR count). The first-order valence-electron chi connectivity index (χ1n) is 10.5. The molecule has 0 aliphatic rings. The monoisotopic (exact) mass is 468 g/mol. The Bertz CT molecular complexity index is 1210. The molecule has 3 aromatic rings. The number of sulfonamides is 1. The summed E-state index contributed by atoms with van der Waals surface area (Å²) in [4.78, 5) is 12.7. The summed E-state index contributed by atoms with van der Waals surface area (Å²) in [6.45, 7) is 5.78. The zero-order chi connectivity index (χ0) is 24.0. The average Bonchev–Trinajstić information content (AvgIpc) is 2.79. The molecule has 1 atom stereocenters. The number of carbonyl (C=O) groups is 1. The first kappa shape index (κ1) is 24.1. The molecule has 0 saturated carbocycles. The molecule has 3 aromatic carbocycles. The van der Waals surface area contributed by atoms with Crippen molar-refractivity contribution in [1.82, 2.24) is 5.32 Å². The van der Waals surface area contributed by atoms with Gasteiger partial charge in [-0.05, 0) is 74.9 Å². The number of hydrogen-bond donors (Lipinski definition) is 2. The van der Waals surface area contributed by atoms with Gasteiger partial charge in [-0.1, -0.05) is 24.3 Å². The molecule has 0 aliphatic heterocycles. The lowest BCUT2D eigenvalue weighted by Gasteiger charge is -2.17. The number of methoxy groups -OCH3 is 1. The van der Waals surface area contributed by atoms with Crippen molar-refractivity contribution >= 4 is 21.6 Å². The highest BCUT2D eigenvalue weighted by Gasteiger charge is 2.18. The number of rotatable bonds is 9. The second kappa shape index (κ2) is 10.4. The zero-order valence-electron chi connectivity index (χ0n) is 19.0. The van der Waals surface area contributed by atoms with Crippen molar-refractivity contribution in [1.29, 1.82) is 0 Å². The lowest BCUT2D eigenvalue weighted by Crippen LogP contribution is -2.26. The van der Waals surface area contributed by atoms with Crippen molar-refractivity contribution in [3.63, 3.8) is 0 Å². The van der Waals surface area contributed by atoms with Gasteiger partial charge in [-0.3, -0.25) is 9.52 Å². The summed E-state index contributed by atoms with van der Waals surface area (Å²) in [6, 6.07) is 19.8. The Labute approximate surface area is 194 Å². The van der Waals surface area contributed by atoms with Gasteiger partial charge < -0.3 is 14.8 Å². The minimum absolute atomic E-state index is 0.0385. The first-order chi connectivity index (χ1) is 15.7. The summed E-state index contributed by atoms with van der Waals surface area (Å²) in [5.74, 6) is 0.842. The molecule has 0 spiro atoms. The Kier molecular flexibility index (Phi) is 7.60. The summed E-state index contributed by atoms with van der Waals surface area (Å²) < 4.78 is 38.9. The predicted molar refractivity (Wildman–Crippen MR) is 128 cm³/mol. The van der Waals surface area contributed by atoms with Gasteiger partial charge in [-0.25, -0.2) is 8.42 Å². The van der Waals surface area contributed by atoms with E-state index in [2.05, 4.69) is 10.0 Å². The summed E-state index contributed by atoms with van der Waals surface area (Å²) in [7, 11) is -2.38. The van der Waals surface area contributed by atoms with E-state index in [1.807, 2.05) is 45.0 Å². The van der Waals surface area contributed by atoms with Crippen molar-refractivity contribution in [2.24, 2.45) is 0 Å². The molecule has 0 bridgehead atoms. The van der Waals surface area contributed by atoms with Crippen molar-refractivity contribution in [3.05, 3.63) is 83.9 Å². The predicted octanol–water partition coefficient (Wildman–Crippen LogP) is 4.77. The van der Waals surface area contributed by atoms with Crippen LogP contribution in [-0.2, 0) is 10.0 Å². The van der Waals surface area contributed by atoms with Crippen LogP contribution >= 0.6 is 0 Å². The number of nitrogens with one attached hydrogen (secondary N) is 2. The quantitative estimate of drug-likeness (QED) is 0.472. The molecule has 2 N–H and O–H groups in total. The maximum atomic E-state index is 12.7. The van der Waals surface area contributed by atoms with E-state index in [4.69, 9.17) is 9.47 Å². The number of para-hydroxylation sites is 2. The van der Waals surface area contributed by atoms with E-state index in [-0.39, 0.29) is 22.9 Å². The van der Waals surface area contributed by atoms with Crippen LogP contribution in [0.1, 0.15) is 42.7 Å². The summed E-state index contributed by atoms with van der Waals surface area (Å²) in [6.07, 6.45) is 0.0532. The third-order valence-corrected chi connectivity index (χ3v) is 6.24. The van der Waals surface area contributed by atoms with Crippen LogP contribution in [0.15, 0.2) is 77.7 Å². The number of hydrogen-bond acceptors (Lipinski definition) is 5. The molecule has 174 valence electrons. The minimum atomic E-state index is -3.84. The van der Waals surface area contributed by atoms with E-state index in [0.29, 0.717) is 17.0 Å². The highest BCUT2D eigenvalue weighted by molar-refractivity contribution is 7.92. The number of amides is 1. The SMILES string of the molecule is COc1ccccc1NS(=O)(=O)c1ccc(C(=O)NC(C)c2cccc(OC(C)C)c2)cc1. The summed E-state index contributed by atoms with van der Waals surface area (Å²) >= 11 is 0. The van der Waals surface area contributed by atoms with E-state index in [9.17, 15) is 13.2 Å². The van der Waals surface area contributed by atoms with E-state index in [0.717, 1.165) is 11.3 Å². The molecule has 33 heavy (non-hydrogen) atoms. The third kappa shape index (κ3) is 6.26. The number of ether oxygens (including phenoxy) is 2. The number of benzene rings is 3. The first-order valence-corrected chi connectivity index (χ1v) is 12.0. The zero-order valence-corrected chi connectivity index (χ0v) is 19.8. The lowest BCUT2D eigenvalue weighted by atomic mass is 10.1. The van der Waals surface area contributed by atoms with Gasteiger partial charge in [-0.15, -0.1) is 0 Å². The van der Waals surface area contributed by atoms with Crippen LogP contribution in [0.4, 0.5) is 5.69 Å². The maximum absolute atomic E-state index is 12.7. The van der Waals surface area contributed by atoms with Crippen LogP contribution in [0.25, 0.3) is 0 Å². The molecule has 0 fully saturated rings. The van der Waals surface area contributed by atoms with Crippen LogP contribution in [0.3, 0.4) is 0 Å². The number of carbonyl (C=O) groups excluding carboxylic acids is 1. The molecule has 1 unspecified atom stereocenters. The minimum Gasteiger partial charge on any atom is -0.495 e. The van der Waals surface area contributed by atoms with Crippen molar-refractivity contribution in [2.45, 2.75) is 37.8 Å². The fraction of sp³-hybridized carbons (Fsp3) is 0.240. The van der Waals surface area contributed by atoms with Gasteiger partial charge in [-0.2, -0.15) is 0 Å². The largest absolute Gasteiger partial charge is 0.495 e. The molecular weight excluding hydrogens is 440 g/mol. The third-order valence-electron chi connectivity index (χ3n) is 4.86. The van der Waals surface area contributed by atoms with Crippen LogP contribution in [0.2, 0.25) is 0 Å². The summed E-state index contributed by atoms with van der Waals surface area (Å²) in [5.41, 5.74) is 1.59. The Morgan fingerprint density at radius 3 is 2.27 bits per heavy atom. The van der Waals surface area contributed by atoms with E-state index in [1.165, 1.54) is 31.4 Å². The lowest BCUT2D eigenvalue weighted by molar-refractivity contribution is 0.0939. The van der Waals surface area contributed by atoms with Crippen molar-refractivity contribution in [3.8, 4) is 11.5 Å². The molecule has 0 aliphatic carbocycles. The standard InChI is InChI=1S/C25H28N2O5S/c1-17(2)32-21-9-7-8-20(16-21)18(3)26-25(28)19-12-14-22(15-13-19)33(29,30)27-23-10-5-6-11-24(23)31-4/h5-18,27H,1-4H3,(H,26,28). The fourth-order valence-corrected chi connectivity index (χ4v) is 4.28. The second-order valence-corrected chi connectivity index (χ2v) is 9.45. The molecular formula is C25H28N2O5S. The van der Waals surface area contributed by atoms with E-state index >= 15 is 0 Å². The molecule has 0 heterocycles. The van der Waals surface area contributed by atoms with Crippen molar-refractivity contribution < 1.29 is 22.7 Å². The maximum Gasteiger partial charge on any atom is 0.262 e. The Morgan fingerprint density at radius 1 is 0.909 bits per heavy atom. The molecule has 0 saturated heterocycles. The normalized spacial score (nSPS) is 12.2. The Morgan fingerprint density at radius 2 is 1.61 bits per heavy atom. The Balaban J connectivity index is 1.70.